The van der Waals surface area contributed by atoms with Crippen molar-refractivity contribution in [2.45, 2.75) is 77.7 Å². The highest BCUT2D eigenvalue weighted by Gasteiger charge is 1.92. The molecule has 2 heteroatoms. The maximum Gasteiger partial charge on any atom is 0.158 e. The van der Waals surface area contributed by atoms with Crippen LogP contribution >= 0.6 is 0 Å². The van der Waals surface area contributed by atoms with Gasteiger partial charge in [-0.2, -0.15) is 0 Å². The summed E-state index contributed by atoms with van der Waals surface area (Å²) in [6.45, 7) is 5.51. The first kappa shape index (κ1) is 15.2. The predicted molar refractivity (Wildman–Crippen MR) is 72.2 cm³/mol. The average Bonchev–Trinajstić information content (AvgIpc) is 2.26. The molecular formula is C13H30OSi. The van der Waals surface area contributed by atoms with E-state index in [0.717, 1.165) is 6.61 Å². The van der Waals surface area contributed by atoms with Crippen LogP contribution in [-0.4, -0.2) is 16.4 Å². The minimum absolute atomic E-state index is 0.142. The molecule has 15 heavy (non-hydrogen) atoms. The zero-order chi connectivity index (χ0) is 11.2. The summed E-state index contributed by atoms with van der Waals surface area (Å²) in [7, 11) is -0.142. The van der Waals surface area contributed by atoms with Crippen molar-refractivity contribution in [2.24, 2.45) is 0 Å². The van der Waals surface area contributed by atoms with Crippen molar-refractivity contribution in [2.75, 3.05) is 6.61 Å². The lowest BCUT2D eigenvalue weighted by molar-refractivity contribution is 0.323. The molecule has 0 saturated carbocycles. The summed E-state index contributed by atoms with van der Waals surface area (Å²) in [5, 5.41) is 0. The van der Waals surface area contributed by atoms with E-state index in [9.17, 15) is 0 Å². The molecule has 0 rings (SSSR count). The molecule has 1 nitrogen and oxygen atoms in total. The second-order valence-corrected chi connectivity index (χ2v) is 5.36. The molecule has 0 N–H and O–H groups in total. The van der Waals surface area contributed by atoms with Gasteiger partial charge in [0.15, 0.2) is 9.76 Å². The van der Waals surface area contributed by atoms with E-state index in [1.807, 2.05) is 0 Å². The van der Waals surface area contributed by atoms with Gasteiger partial charge < -0.3 is 4.43 Å². The molecule has 0 unspecified atom stereocenters. The summed E-state index contributed by atoms with van der Waals surface area (Å²) in [5.41, 5.74) is 0. The Balaban J connectivity index is 2.81. The van der Waals surface area contributed by atoms with Crippen LogP contribution in [0.25, 0.3) is 0 Å². The molecule has 0 atom stereocenters. The zero-order valence-electron chi connectivity index (χ0n) is 10.9. The molecule has 0 aliphatic rings. The lowest BCUT2D eigenvalue weighted by Crippen LogP contribution is -1.95. The lowest BCUT2D eigenvalue weighted by Gasteiger charge is -2.02. The van der Waals surface area contributed by atoms with Crippen LogP contribution in [0.3, 0.4) is 0 Å². The van der Waals surface area contributed by atoms with Crippen LogP contribution in [0.2, 0.25) is 6.55 Å². The van der Waals surface area contributed by atoms with Crippen LogP contribution in [0.4, 0.5) is 0 Å². The minimum atomic E-state index is -0.142. The molecule has 0 aromatic rings. The Kier molecular flexibility index (Phi) is 14.3. The van der Waals surface area contributed by atoms with Gasteiger partial charge in [-0.15, -0.1) is 0 Å². The highest BCUT2D eigenvalue weighted by atomic mass is 28.2. The second-order valence-electron chi connectivity index (χ2n) is 4.38. The summed E-state index contributed by atoms with van der Waals surface area (Å²) >= 11 is 0. The summed E-state index contributed by atoms with van der Waals surface area (Å²) in [5.74, 6) is 0. The topological polar surface area (TPSA) is 9.23 Å². The predicted octanol–water partition coefficient (Wildman–Crippen LogP) is 4.06. The fraction of sp³-hybridized carbons (Fsp3) is 1.00. The largest absolute Gasteiger partial charge is 0.424 e. The highest BCUT2D eigenvalue weighted by molar-refractivity contribution is 6.24. The second kappa shape index (κ2) is 14.2. The number of rotatable bonds is 12. The number of hydrogen-bond acceptors (Lipinski definition) is 1. The molecule has 0 saturated heterocycles. The zero-order valence-corrected chi connectivity index (χ0v) is 12.3. The Labute approximate surface area is 98.9 Å². The van der Waals surface area contributed by atoms with Crippen molar-refractivity contribution in [1.82, 2.24) is 0 Å². The van der Waals surface area contributed by atoms with Crippen LogP contribution in [0.5, 0.6) is 0 Å². The Morgan fingerprint density at radius 2 is 1.20 bits per heavy atom. The van der Waals surface area contributed by atoms with Gasteiger partial charge in [0.25, 0.3) is 0 Å². The van der Waals surface area contributed by atoms with Gasteiger partial charge in [-0.1, -0.05) is 71.3 Å². The average molecular weight is 230 g/mol. The van der Waals surface area contributed by atoms with E-state index in [2.05, 4.69) is 13.5 Å². The first-order chi connectivity index (χ1) is 7.41. The molecule has 0 aromatic heterocycles. The fourth-order valence-electron chi connectivity index (χ4n) is 1.84. The Hall–Kier alpha value is 0.177. The summed E-state index contributed by atoms with van der Waals surface area (Å²) in [6.07, 6.45) is 14.1. The molecule has 0 amide bonds. The van der Waals surface area contributed by atoms with Crippen molar-refractivity contribution in [3.8, 4) is 0 Å². The molecule has 92 valence electrons. The molecule has 0 aromatic carbocycles. The Bertz CT molecular complexity index is 94.7. The molecule has 0 fully saturated rings. The molecule has 0 radical (unpaired) electrons. The van der Waals surface area contributed by atoms with Gasteiger partial charge in [0.1, 0.15) is 0 Å². The van der Waals surface area contributed by atoms with Gasteiger partial charge in [-0.3, -0.25) is 0 Å². The maximum atomic E-state index is 5.44. The first-order valence-corrected chi connectivity index (χ1v) is 8.98. The standard InChI is InChI=1S/C13H30OSi/c1-3-4-5-6-7-8-9-10-11-12-13-14-15-2/h3-13,15H2,1-2H3. The number of hydrogen-bond donors (Lipinski definition) is 0. The quantitative estimate of drug-likeness (QED) is 0.363. The van der Waals surface area contributed by atoms with E-state index in [1.54, 1.807) is 0 Å². The van der Waals surface area contributed by atoms with Gasteiger partial charge in [-0.25, -0.2) is 0 Å². The minimum Gasteiger partial charge on any atom is -0.424 e. The van der Waals surface area contributed by atoms with Crippen molar-refractivity contribution in [3.63, 3.8) is 0 Å². The van der Waals surface area contributed by atoms with Crippen LogP contribution in [0.15, 0.2) is 0 Å². The van der Waals surface area contributed by atoms with E-state index >= 15 is 0 Å². The van der Waals surface area contributed by atoms with Gasteiger partial charge in [0.05, 0.1) is 0 Å². The maximum absolute atomic E-state index is 5.44. The molecular weight excluding hydrogens is 200 g/mol. The molecule has 0 spiro atoms. The third-order valence-electron chi connectivity index (χ3n) is 2.85. The molecule has 0 bridgehead atoms. The first-order valence-electron chi connectivity index (χ1n) is 6.99. The van der Waals surface area contributed by atoms with Crippen molar-refractivity contribution in [3.05, 3.63) is 0 Å². The molecule has 0 aliphatic carbocycles. The van der Waals surface area contributed by atoms with E-state index in [-0.39, 0.29) is 9.76 Å². The van der Waals surface area contributed by atoms with Gasteiger partial charge in [-0.05, 0) is 6.42 Å². The van der Waals surface area contributed by atoms with Crippen molar-refractivity contribution >= 4 is 9.76 Å². The normalized spacial score (nSPS) is 11.6. The van der Waals surface area contributed by atoms with Gasteiger partial charge in [0.2, 0.25) is 0 Å². The lowest BCUT2D eigenvalue weighted by atomic mass is 10.1. The summed E-state index contributed by atoms with van der Waals surface area (Å²) < 4.78 is 5.44. The Morgan fingerprint density at radius 1 is 0.733 bits per heavy atom. The SMILES string of the molecule is CCCCCCCCCCCCO[SiH2]C. The van der Waals surface area contributed by atoms with Crippen LogP contribution in [0.1, 0.15) is 71.1 Å². The van der Waals surface area contributed by atoms with Crippen LogP contribution < -0.4 is 0 Å². The van der Waals surface area contributed by atoms with Crippen molar-refractivity contribution in [1.29, 1.82) is 0 Å². The smallest absolute Gasteiger partial charge is 0.158 e. The highest BCUT2D eigenvalue weighted by Crippen LogP contribution is 2.10. The molecule has 0 heterocycles. The summed E-state index contributed by atoms with van der Waals surface area (Å²) in [4.78, 5) is 0. The van der Waals surface area contributed by atoms with E-state index in [1.165, 1.54) is 64.2 Å². The van der Waals surface area contributed by atoms with Gasteiger partial charge >= 0.3 is 0 Å². The van der Waals surface area contributed by atoms with Crippen LogP contribution in [-0.2, 0) is 4.43 Å². The molecule has 0 aliphatic heterocycles. The third-order valence-corrected chi connectivity index (χ3v) is 3.54. The Morgan fingerprint density at radius 3 is 1.67 bits per heavy atom. The number of unbranched alkanes of at least 4 members (excludes halogenated alkanes) is 9. The van der Waals surface area contributed by atoms with Crippen molar-refractivity contribution < 1.29 is 4.43 Å². The van der Waals surface area contributed by atoms with E-state index < -0.39 is 0 Å². The third kappa shape index (κ3) is 14.2. The van der Waals surface area contributed by atoms with Gasteiger partial charge in [0, 0.05) is 6.61 Å². The fourth-order valence-corrected chi connectivity index (χ4v) is 2.33. The monoisotopic (exact) mass is 230 g/mol. The van der Waals surface area contributed by atoms with E-state index in [4.69, 9.17) is 4.43 Å². The summed E-state index contributed by atoms with van der Waals surface area (Å²) in [6, 6.07) is 0. The van der Waals surface area contributed by atoms with Crippen LogP contribution in [0, 0.1) is 0 Å². The van der Waals surface area contributed by atoms with E-state index in [0.29, 0.717) is 0 Å².